The average molecular weight is 629 g/mol. The summed E-state index contributed by atoms with van der Waals surface area (Å²) in [6.07, 6.45) is 0. The number of nitriles is 4. The Morgan fingerprint density at radius 2 is 0.717 bits per heavy atom. The van der Waals surface area contributed by atoms with Gasteiger partial charge in [0.15, 0.2) is 0 Å². The van der Waals surface area contributed by atoms with Gasteiger partial charge in [0.2, 0.25) is 0 Å². The van der Waals surface area contributed by atoms with E-state index in [0.717, 1.165) is 22.3 Å². The minimum atomic E-state index is -0.555. The van der Waals surface area contributed by atoms with Crippen LogP contribution in [-0.2, 0) is 0 Å². The van der Waals surface area contributed by atoms with Crippen LogP contribution in [0.5, 0.6) is 0 Å². The van der Waals surface area contributed by atoms with Crippen molar-refractivity contribution in [1.82, 2.24) is 10.6 Å². The number of benzene rings is 4. The third kappa shape index (κ3) is 5.80. The van der Waals surface area contributed by atoms with Crippen molar-refractivity contribution in [2.45, 2.75) is 10.7 Å². The molecule has 4 aromatic rings. The van der Waals surface area contributed by atoms with E-state index >= 15 is 0 Å². The number of hydrogen-bond donors (Lipinski definition) is 2. The van der Waals surface area contributed by atoms with E-state index in [4.69, 9.17) is 0 Å². The molecule has 2 aliphatic heterocycles. The first-order chi connectivity index (χ1) is 22.7. The fourth-order valence-electron chi connectivity index (χ4n) is 5.51. The van der Waals surface area contributed by atoms with E-state index in [-0.39, 0.29) is 0 Å². The second-order valence-corrected chi connectivity index (χ2v) is 12.7. The van der Waals surface area contributed by atoms with Crippen molar-refractivity contribution in [3.63, 3.8) is 0 Å². The summed E-state index contributed by atoms with van der Waals surface area (Å²) in [4.78, 5) is 0. The van der Waals surface area contributed by atoms with Crippen LogP contribution in [0, 0.1) is 45.3 Å². The van der Waals surface area contributed by atoms with Gasteiger partial charge >= 0.3 is 0 Å². The molecular formula is C38H24N6S2. The lowest BCUT2D eigenvalue weighted by Gasteiger charge is -2.32. The predicted octanol–water partition coefficient (Wildman–Crippen LogP) is 8.05. The van der Waals surface area contributed by atoms with Gasteiger partial charge < -0.3 is 10.6 Å². The molecule has 0 bridgehead atoms. The topological polar surface area (TPSA) is 119 Å². The molecule has 6 rings (SSSR count). The van der Waals surface area contributed by atoms with E-state index in [0.29, 0.717) is 44.8 Å². The van der Waals surface area contributed by atoms with Crippen LogP contribution in [0.3, 0.4) is 0 Å². The van der Waals surface area contributed by atoms with Gasteiger partial charge in [0.1, 0.15) is 22.9 Å². The van der Waals surface area contributed by atoms with Crippen LogP contribution in [0.4, 0.5) is 0 Å². The van der Waals surface area contributed by atoms with Crippen LogP contribution in [0.25, 0.3) is 22.5 Å². The molecule has 2 atom stereocenters. The molecule has 0 fully saturated rings. The number of nitrogens with zero attached hydrogens (tertiary/aromatic N) is 4. The van der Waals surface area contributed by atoms with Crippen molar-refractivity contribution in [2.75, 3.05) is 0 Å². The summed E-state index contributed by atoms with van der Waals surface area (Å²) in [5.74, 6) is 0. The Balaban J connectivity index is 1.45. The van der Waals surface area contributed by atoms with Crippen LogP contribution < -0.4 is 10.6 Å². The molecule has 218 valence electrons. The van der Waals surface area contributed by atoms with Crippen molar-refractivity contribution in [1.29, 1.82) is 21.0 Å². The van der Waals surface area contributed by atoms with Gasteiger partial charge in [0.05, 0.1) is 45.8 Å². The largest absolute Gasteiger partial charge is 0.367 e. The van der Waals surface area contributed by atoms with Gasteiger partial charge in [-0.3, -0.25) is 0 Å². The van der Waals surface area contributed by atoms with Gasteiger partial charge in [-0.05, 0) is 22.3 Å². The van der Waals surface area contributed by atoms with Gasteiger partial charge in [-0.2, -0.15) is 21.0 Å². The van der Waals surface area contributed by atoms with E-state index < -0.39 is 10.7 Å². The summed E-state index contributed by atoms with van der Waals surface area (Å²) in [6, 6.07) is 47.6. The Kier molecular flexibility index (Phi) is 9.05. The zero-order valence-corrected chi connectivity index (χ0v) is 25.9. The maximum absolute atomic E-state index is 10.5. The van der Waals surface area contributed by atoms with Crippen LogP contribution in [0.2, 0.25) is 0 Å². The SMILES string of the molecule is N#CC1=C(c2ccccc2)NC(SSC2NC(c3ccccc3)=C(C#N)C(c3ccccc3)=C2C#N)C(C#N)=C1c1ccccc1. The second kappa shape index (κ2) is 13.8. The number of rotatable bonds is 7. The molecule has 0 spiro atoms. The van der Waals surface area contributed by atoms with Crippen molar-refractivity contribution >= 4 is 44.1 Å². The summed E-state index contributed by atoms with van der Waals surface area (Å²) in [6.45, 7) is 0. The maximum Gasteiger partial charge on any atom is 0.119 e. The van der Waals surface area contributed by atoms with E-state index in [1.54, 1.807) is 0 Å². The van der Waals surface area contributed by atoms with E-state index in [1.807, 2.05) is 121 Å². The van der Waals surface area contributed by atoms with E-state index in [2.05, 4.69) is 34.9 Å². The zero-order chi connectivity index (χ0) is 31.9. The number of dihydropyridines is 2. The fourth-order valence-corrected chi connectivity index (χ4v) is 8.14. The third-order valence-electron chi connectivity index (χ3n) is 7.58. The zero-order valence-electron chi connectivity index (χ0n) is 24.3. The molecule has 0 radical (unpaired) electrons. The molecule has 2 N–H and O–H groups in total. The Bertz CT molecular complexity index is 1920. The molecular weight excluding hydrogens is 605 g/mol. The van der Waals surface area contributed by atoms with Crippen LogP contribution in [0.15, 0.2) is 144 Å². The molecule has 0 saturated carbocycles. The molecule has 2 unspecified atom stereocenters. The lowest BCUT2D eigenvalue weighted by Crippen LogP contribution is -2.34. The minimum Gasteiger partial charge on any atom is -0.367 e. The van der Waals surface area contributed by atoms with Crippen LogP contribution >= 0.6 is 21.6 Å². The monoisotopic (exact) mass is 628 g/mol. The van der Waals surface area contributed by atoms with Gasteiger partial charge in [0.25, 0.3) is 0 Å². The van der Waals surface area contributed by atoms with Gasteiger partial charge in [-0.1, -0.05) is 143 Å². The Hall–Kier alpha value is -5.90. The smallest absolute Gasteiger partial charge is 0.119 e. The summed E-state index contributed by atoms with van der Waals surface area (Å²) in [5, 5.41) is 47.7. The molecule has 0 saturated heterocycles. The highest BCUT2D eigenvalue weighted by Gasteiger charge is 2.35. The van der Waals surface area contributed by atoms with Crippen molar-refractivity contribution in [3.8, 4) is 24.3 Å². The minimum absolute atomic E-state index is 0.392. The van der Waals surface area contributed by atoms with Crippen molar-refractivity contribution in [2.24, 2.45) is 0 Å². The first-order valence-corrected chi connectivity index (χ1v) is 16.6. The second-order valence-electron chi connectivity index (χ2n) is 10.2. The molecule has 2 heterocycles. The predicted molar refractivity (Wildman–Crippen MR) is 185 cm³/mol. The Morgan fingerprint density at radius 1 is 0.413 bits per heavy atom. The summed E-state index contributed by atoms with van der Waals surface area (Å²) in [5.41, 5.74) is 7.24. The van der Waals surface area contributed by atoms with E-state index in [9.17, 15) is 21.0 Å². The van der Waals surface area contributed by atoms with Gasteiger partial charge in [0, 0.05) is 11.1 Å². The molecule has 46 heavy (non-hydrogen) atoms. The maximum atomic E-state index is 10.5. The highest BCUT2D eigenvalue weighted by Crippen LogP contribution is 2.47. The summed E-state index contributed by atoms with van der Waals surface area (Å²) < 4.78 is 0. The van der Waals surface area contributed by atoms with E-state index in [1.165, 1.54) is 21.6 Å². The molecule has 0 aliphatic carbocycles. The summed E-state index contributed by atoms with van der Waals surface area (Å²) >= 11 is 0. The number of allylic oxidation sites excluding steroid dienone is 4. The number of nitrogens with one attached hydrogen (secondary N) is 2. The van der Waals surface area contributed by atoms with Gasteiger partial charge in [-0.25, -0.2) is 0 Å². The number of hydrogen-bond acceptors (Lipinski definition) is 8. The Morgan fingerprint density at radius 3 is 1.00 bits per heavy atom. The standard InChI is InChI=1S/C38H24N6S2/c39-21-29-33(25-13-5-1-6-14-25)31(23-41)37(43-35(29)27-17-9-3-10-18-27)45-46-38-32(24-42)34(26-15-7-2-8-16-26)30(22-40)36(44-38)28-19-11-4-12-20-28/h1-20,37-38,43-44H. The Labute approximate surface area is 275 Å². The molecule has 0 amide bonds. The highest BCUT2D eigenvalue weighted by molar-refractivity contribution is 8.77. The molecule has 4 aromatic carbocycles. The lowest BCUT2D eigenvalue weighted by atomic mass is 9.88. The fraction of sp³-hybridized carbons (Fsp3) is 0.0526. The molecule has 8 heteroatoms. The average Bonchev–Trinajstić information content (AvgIpc) is 3.13. The molecule has 0 aromatic heterocycles. The summed E-state index contributed by atoms with van der Waals surface area (Å²) in [7, 11) is 2.79. The molecule has 6 nitrogen and oxygen atoms in total. The first-order valence-electron chi connectivity index (χ1n) is 14.3. The third-order valence-corrected chi connectivity index (χ3v) is 10.3. The highest BCUT2D eigenvalue weighted by atomic mass is 33.1. The van der Waals surface area contributed by atoms with Gasteiger partial charge in [-0.15, -0.1) is 0 Å². The lowest BCUT2D eigenvalue weighted by molar-refractivity contribution is 0.901. The molecule has 2 aliphatic rings. The normalized spacial score (nSPS) is 17.7. The van der Waals surface area contributed by atoms with Crippen molar-refractivity contribution in [3.05, 3.63) is 166 Å². The van der Waals surface area contributed by atoms with Crippen molar-refractivity contribution < 1.29 is 0 Å². The first kappa shape index (κ1) is 30.1. The quantitative estimate of drug-likeness (QED) is 0.197. The van der Waals surface area contributed by atoms with Crippen LogP contribution in [-0.4, -0.2) is 10.7 Å². The van der Waals surface area contributed by atoms with Crippen LogP contribution in [0.1, 0.15) is 22.3 Å².